The van der Waals surface area contributed by atoms with Crippen molar-refractivity contribution in [2.75, 3.05) is 13.4 Å². The second kappa shape index (κ2) is 3.28. The number of rotatable bonds is 2. The van der Waals surface area contributed by atoms with Crippen LogP contribution in [0.2, 0.25) is 0 Å². The van der Waals surface area contributed by atoms with Crippen molar-refractivity contribution in [3.8, 4) is 6.07 Å². The normalized spacial score (nSPS) is 34.4. The Balaban J connectivity index is 3.07. The molecule has 1 fully saturated rings. The molecular formula is C8H13NO3S. The maximum absolute atomic E-state index is 11.3. The van der Waals surface area contributed by atoms with Gasteiger partial charge in [0.2, 0.25) is 0 Å². The Morgan fingerprint density at radius 3 is 2.54 bits per heavy atom. The lowest BCUT2D eigenvalue weighted by molar-refractivity contribution is 0.0481. The summed E-state index contributed by atoms with van der Waals surface area (Å²) in [4.78, 5) is 0. The Kier molecular flexibility index (Phi) is 2.64. The molecule has 0 aromatic rings. The van der Waals surface area contributed by atoms with E-state index in [2.05, 4.69) is 0 Å². The van der Waals surface area contributed by atoms with Crippen molar-refractivity contribution in [2.45, 2.75) is 30.1 Å². The molecule has 0 radical (unpaired) electrons. The van der Waals surface area contributed by atoms with E-state index in [4.69, 9.17) is 10.00 Å². The monoisotopic (exact) mass is 203 g/mol. The number of methoxy groups -OCH3 is 1. The van der Waals surface area contributed by atoms with Crippen molar-refractivity contribution in [1.29, 1.82) is 5.26 Å². The smallest absolute Gasteiger partial charge is 0.170 e. The van der Waals surface area contributed by atoms with Crippen LogP contribution in [0.4, 0.5) is 0 Å². The number of ether oxygens (including phenoxy) is 1. The van der Waals surface area contributed by atoms with Crippen LogP contribution in [0.25, 0.3) is 0 Å². The highest BCUT2D eigenvalue weighted by atomic mass is 32.2. The van der Waals surface area contributed by atoms with Gasteiger partial charge in [-0.1, -0.05) is 0 Å². The molecule has 0 aromatic heterocycles. The Morgan fingerprint density at radius 1 is 1.62 bits per heavy atom. The Morgan fingerprint density at radius 2 is 2.23 bits per heavy atom. The third kappa shape index (κ3) is 1.69. The zero-order valence-electron chi connectivity index (χ0n) is 7.78. The van der Waals surface area contributed by atoms with Gasteiger partial charge in [-0.2, -0.15) is 5.26 Å². The molecule has 0 heterocycles. The van der Waals surface area contributed by atoms with Crippen molar-refractivity contribution in [1.82, 2.24) is 0 Å². The summed E-state index contributed by atoms with van der Waals surface area (Å²) in [5.74, 6) is 0. The van der Waals surface area contributed by atoms with Crippen LogP contribution >= 0.6 is 0 Å². The van der Waals surface area contributed by atoms with Crippen LogP contribution in [0.15, 0.2) is 0 Å². The van der Waals surface area contributed by atoms with Crippen molar-refractivity contribution in [3.63, 3.8) is 0 Å². The van der Waals surface area contributed by atoms with E-state index in [1.54, 1.807) is 0 Å². The molecule has 2 atom stereocenters. The molecule has 0 bridgehead atoms. The minimum atomic E-state index is -3.18. The molecule has 0 saturated heterocycles. The molecule has 1 rings (SSSR count). The first-order valence-electron chi connectivity index (χ1n) is 4.11. The molecule has 2 unspecified atom stereocenters. The van der Waals surface area contributed by atoms with Gasteiger partial charge in [-0.25, -0.2) is 8.42 Å². The van der Waals surface area contributed by atoms with Crippen LogP contribution in [0.3, 0.4) is 0 Å². The molecule has 0 spiro atoms. The van der Waals surface area contributed by atoms with Crippen molar-refractivity contribution < 1.29 is 13.2 Å². The van der Waals surface area contributed by atoms with E-state index < -0.39 is 20.7 Å². The number of nitrogens with zero attached hydrogens (tertiary/aromatic N) is 1. The number of sulfone groups is 1. The van der Waals surface area contributed by atoms with Crippen molar-refractivity contribution >= 4 is 9.84 Å². The second-order valence-electron chi connectivity index (χ2n) is 3.42. The minimum Gasteiger partial charge on any atom is -0.362 e. The predicted molar refractivity (Wildman–Crippen MR) is 47.8 cm³/mol. The fourth-order valence-corrected chi connectivity index (χ4v) is 3.46. The predicted octanol–water partition coefficient (Wildman–Crippen LogP) is 0.492. The van der Waals surface area contributed by atoms with Gasteiger partial charge in [0.15, 0.2) is 15.4 Å². The quantitative estimate of drug-likeness (QED) is 0.655. The van der Waals surface area contributed by atoms with E-state index in [-0.39, 0.29) is 0 Å². The topological polar surface area (TPSA) is 67.2 Å². The number of hydrogen-bond acceptors (Lipinski definition) is 4. The fraction of sp³-hybridized carbons (Fsp3) is 0.875. The molecule has 0 aromatic carbocycles. The molecule has 5 heteroatoms. The van der Waals surface area contributed by atoms with E-state index in [1.165, 1.54) is 7.11 Å². The summed E-state index contributed by atoms with van der Waals surface area (Å²) in [6, 6.07) is 1.98. The SMILES string of the molecule is COC1(C#N)CCCC1S(C)(=O)=O. The lowest BCUT2D eigenvalue weighted by atomic mass is 10.0. The van der Waals surface area contributed by atoms with Crippen LogP contribution in [0, 0.1) is 11.3 Å². The first-order valence-corrected chi connectivity index (χ1v) is 6.07. The average Bonchev–Trinajstić information content (AvgIpc) is 2.47. The van der Waals surface area contributed by atoms with Crippen molar-refractivity contribution in [2.24, 2.45) is 0 Å². The molecular weight excluding hydrogens is 190 g/mol. The van der Waals surface area contributed by atoms with Gasteiger partial charge in [0.25, 0.3) is 0 Å². The first kappa shape index (κ1) is 10.5. The highest BCUT2D eigenvalue weighted by Gasteiger charge is 2.49. The average molecular weight is 203 g/mol. The molecule has 0 N–H and O–H groups in total. The van der Waals surface area contributed by atoms with Crippen LogP contribution in [0.1, 0.15) is 19.3 Å². The molecule has 1 aliphatic rings. The summed E-state index contributed by atoms with van der Waals surface area (Å²) in [5.41, 5.74) is -1.10. The summed E-state index contributed by atoms with van der Waals surface area (Å²) < 4.78 is 27.7. The third-order valence-corrected chi connectivity index (χ3v) is 4.26. The maximum Gasteiger partial charge on any atom is 0.170 e. The van der Waals surface area contributed by atoms with Gasteiger partial charge in [-0.05, 0) is 19.3 Å². The summed E-state index contributed by atoms with van der Waals surface area (Å²) in [6.45, 7) is 0. The Bertz CT molecular complexity index is 330. The van der Waals surface area contributed by atoms with Gasteiger partial charge in [0, 0.05) is 13.4 Å². The van der Waals surface area contributed by atoms with Gasteiger partial charge < -0.3 is 4.74 Å². The summed E-state index contributed by atoms with van der Waals surface area (Å²) >= 11 is 0. The summed E-state index contributed by atoms with van der Waals surface area (Å²) in [5, 5.41) is 8.25. The number of nitriles is 1. The third-order valence-electron chi connectivity index (χ3n) is 2.60. The Labute approximate surface area is 78.4 Å². The lowest BCUT2D eigenvalue weighted by Crippen LogP contribution is -2.42. The standard InChI is InChI=1S/C8H13NO3S/c1-12-8(6-9)5-3-4-7(8)13(2,10)11/h7H,3-5H2,1-2H3. The van der Waals surface area contributed by atoms with Crippen LogP contribution in [0.5, 0.6) is 0 Å². The highest BCUT2D eigenvalue weighted by Crippen LogP contribution is 2.36. The molecule has 1 aliphatic carbocycles. The Hall–Kier alpha value is -0.600. The van der Waals surface area contributed by atoms with Gasteiger partial charge in [-0.3, -0.25) is 0 Å². The first-order chi connectivity index (χ1) is 5.96. The maximum atomic E-state index is 11.3. The largest absolute Gasteiger partial charge is 0.362 e. The fourth-order valence-electron chi connectivity index (χ4n) is 1.91. The molecule has 13 heavy (non-hydrogen) atoms. The molecule has 0 amide bonds. The van der Waals surface area contributed by atoms with Gasteiger partial charge in [0.1, 0.15) is 5.25 Å². The van der Waals surface area contributed by atoms with Crippen LogP contribution in [-0.2, 0) is 14.6 Å². The zero-order valence-corrected chi connectivity index (χ0v) is 8.60. The molecule has 74 valence electrons. The van der Waals surface area contributed by atoms with E-state index in [1.807, 2.05) is 6.07 Å². The summed E-state index contributed by atoms with van der Waals surface area (Å²) in [7, 11) is -1.79. The van der Waals surface area contributed by atoms with E-state index in [0.29, 0.717) is 12.8 Å². The summed E-state index contributed by atoms with van der Waals surface area (Å²) in [6.07, 6.45) is 2.94. The van der Waals surface area contributed by atoms with Crippen molar-refractivity contribution in [3.05, 3.63) is 0 Å². The molecule has 4 nitrogen and oxygen atoms in total. The van der Waals surface area contributed by atoms with Gasteiger partial charge in [-0.15, -0.1) is 0 Å². The van der Waals surface area contributed by atoms with E-state index in [9.17, 15) is 8.42 Å². The number of hydrogen-bond donors (Lipinski definition) is 0. The second-order valence-corrected chi connectivity index (χ2v) is 5.64. The zero-order chi connectivity index (χ0) is 10.1. The lowest BCUT2D eigenvalue weighted by Gasteiger charge is -2.25. The minimum absolute atomic E-state index is 0.512. The van der Waals surface area contributed by atoms with Gasteiger partial charge >= 0.3 is 0 Å². The molecule has 1 saturated carbocycles. The highest BCUT2D eigenvalue weighted by molar-refractivity contribution is 7.91. The molecule has 0 aliphatic heterocycles. The van der Waals surface area contributed by atoms with Crippen LogP contribution < -0.4 is 0 Å². The van der Waals surface area contributed by atoms with Crippen LogP contribution in [-0.4, -0.2) is 32.6 Å². The van der Waals surface area contributed by atoms with E-state index >= 15 is 0 Å². The van der Waals surface area contributed by atoms with E-state index in [0.717, 1.165) is 12.7 Å². The van der Waals surface area contributed by atoms with Gasteiger partial charge in [0.05, 0.1) is 6.07 Å².